The van der Waals surface area contributed by atoms with Gasteiger partial charge in [0.2, 0.25) is 5.91 Å². The molecule has 4 aliphatic heterocycles. The van der Waals surface area contributed by atoms with Gasteiger partial charge in [-0.25, -0.2) is 14.6 Å². The van der Waals surface area contributed by atoms with Crippen LogP contribution in [0.3, 0.4) is 0 Å². The molecule has 0 radical (unpaired) electrons. The third kappa shape index (κ3) is 5.72. The molecular weight excluding hydrogens is 541 g/mol. The average molecular weight is 583 g/mol. The van der Waals surface area contributed by atoms with Gasteiger partial charge in [-0.3, -0.25) is 19.8 Å². The van der Waals surface area contributed by atoms with Crippen molar-refractivity contribution in [3.8, 4) is 0 Å². The van der Waals surface area contributed by atoms with Gasteiger partial charge in [0.25, 0.3) is 0 Å². The minimum absolute atomic E-state index is 0.0871. The van der Waals surface area contributed by atoms with E-state index in [0.717, 1.165) is 30.8 Å². The number of hydrazine groups is 1. The van der Waals surface area contributed by atoms with Gasteiger partial charge in [0.15, 0.2) is 0 Å². The molecule has 38 heavy (non-hydrogen) atoms. The van der Waals surface area contributed by atoms with E-state index in [9.17, 15) is 22.2 Å². The number of fused-ring (bicyclic) bond motifs is 3. The highest BCUT2D eigenvalue weighted by Crippen LogP contribution is 2.42. The first-order valence-electron chi connectivity index (χ1n) is 14.1. The second kappa shape index (κ2) is 11.0. The summed E-state index contributed by atoms with van der Waals surface area (Å²) in [5, 5.41) is 5.92. The maximum Gasteiger partial charge on any atom is 0.409 e. The number of nitrogens with one attached hydrogen (secondary N) is 3. The third-order valence-electron chi connectivity index (χ3n) is 9.88. The highest BCUT2D eigenvalue weighted by molar-refractivity contribution is 7.92. The number of piperidine rings is 1. The Morgan fingerprint density at radius 1 is 1.13 bits per heavy atom. The molecule has 5 rings (SSSR count). The van der Waals surface area contributed by atoms with E-state index in [-0.39, 0.29) is 48.1 Å². The summed E-state index contributed by atoms with van der Waals surface area (Å²) in [6.45, 7) is 4.09. The van der Waals surface area contributed by atoms with Crippen LogP contribution in [0.2, 0.25) is 0 Å². The Balaban J connectivity index is 1.23. The molecule has 4 saturated heterocycles. The number of halogens is 4. The molecule has 0 bridgehead atoms. The van der Waals surface area contributed by atoms with Crippen molar-refractivity contribution in [2.75, 3.05) is 31.6 Å². The number of amides is 1. The summed E-state index contributed by atoms with van der Waals surface area (Å²) in [5.74, 6) is -1.05. The van der Waals surface area contributed by atoms with E-state index in [4.69, 9.17) is 16.4 Å². The van der Waals surface area contributed by atoms with E-state index in [0.29, 0.717) is 37.6 Å². The van der Waals surface area contributed by atoms with Gasteiger partial charge in [0.05, 0.1) is 11.7 Å². The largest absolute Gasteiger partial charge is 0.409 e. The summed E-state index contributed by atoms with van der Waals surface area (Å²) in [5.41, 5.74) is 3.33. The fourth-order valence-corrected chi connectivity index (χ4v) is 9.71. The second-order valence-electron chi connectivity index (χ2n) is 12.2. The predicted molar refractivity (Wildman–Crippen MR) is 141 cm³/mol. The van der Waals surface area contributed by atoms with E-state index in [2.05, 4.69) is 27.6 Å². The van der Waals surface area contributed by atoms with Crippen LogP contribution >= 0.6 is 11.6 Å². The lowest BCUT2D eigenvalue weighted by molar-refractivity contribution is -0.203. The maximum atomic E-state index is 14.4. The van der Waals surface area contributed by atoms with Crippen molar-refractivity contribution in [2.24, 2.45) is 17.8 Å². The first kappa shape index (κ1) is 28.9. The van der Waals surface area contributed by atoms with Crippen LogP contribution < -0.4 is 10.7 Å². The Morgan fingerprint density at radius 2 is 1.79 bits per heavy atom. The zero-order valence-electron chi connectivity index (χ0n) is 22.3. The maximum absolute atomic E-state index is 14.4. The van der Waals surface area contributed by atoms with Gasteiger partial charge in [0.1, 0.15) is 6.04 Å². The first-order chi connectivity index (χ1) is 17.9. The van der Waals surface area contributed by atoms with Crippen LogP contribution in [0.15, 0.2) is 0 Å². The normalized spacial score (nSPS) is 43.7. The smallest absolute Gasteiger partial charge is 0.333 e. The number of nitrogens with zero attached hydrogens (tertiary/aromatic N) is 3. The Morgan fingerprint density at radius 3 is 2.42 bits per heavy atom. The molecule has 0 aromatic rings. The molecule has 0 spiro atoms. The van der Waals surface area contributed by atoms with E-state index >= 15 is 0 Å². The van der Waals surface area contributed by atoms with E-state index in [1.165, 1.54) is 7.05 Å². The molecule has 1 saturated carbocycles. The van der Waals surface area contributed by atoms with E-state index in [1.807, 2.05) is 0 Å². The number of hydrogen-bond donors (Lipinski definition) is 3. The third-order valence-corrected chi connectivity index (χ3v) is 11.9. The minimum Gasteiger partial charge on any atom is -0.333 e. The standard InChI is InChI=1S/C25H42ClF3N6O2S/c1-15-7-10-34(19-14-31-21-13-20(26)32-35(21)22(15)19)18-5-3-16(4-6-18)23(25(27,28)29)33(2)24(36)17-8-11-38(30,37)12-9-17/h15-23,30-32H,3-14H2,1-2H3/t15-,16?,17?,18?,19?,20?,21?,22?,23+,38?/m1/s1. The van der Waals surface area contributed by atoms with Gasteiger partial charge < -0.3 is 4.90 Å². The van der Waals surface area contributed by atoms with Crippen molar-refractivity contribution in [3.05, 3.63) is 0 Å². The van der Waals surface area contributed by atoms with Crippen LogP contribution in [0.25, 0.3) is 0 Å². The van der Waals surface area contributed by atoms with Gasteiger partial charge >= 0.3 is 6.18 Å². The SMILES string of the molecule is C[C@@H]1CCN(C2CCC([C@H](N(C)C(=O)C3CCS(=N)(=O)CC3)C(F)(F)F)CC2)C2CNC3CC(Cl)NN3C21. The monoisotopic (exact) mass is 582 g/mol. The topological polar surface area (TPSA) is 91.8 Å². The molecule has 0 aromatic carbocycles. The van der Waals surface area contributed by atoms with Crippen molar-refractivity contribution < 1.29 is 22.2 Å². The Hall–Kier alpha value is -0.660. The van der Waals surface area contributed by atoms with E-state index < -0.39 is 39.7 Å². The lowest BCUT2D eigenvalue weighted by Crippen LogP contribution is -2.72. The molecule has 4 heterocycles. The summed E-state index contributed by atoms with van der Waals surface area (Å²) >= 11 is 6.40. The quantitative estimate of drug-likeness (QED) is 0.348. The van der Waals surface area contributed by atoms with Crippen molar-refractivity contribution >= 4 is 27.2 Å². The number of likely N-dealkylation sites (tertiary alicyclic amines) is 1. The van der Waals surface area contributed by atoms with Gasteiger partial charge in [-0.1, -0.05) is 6.92 Å². The highest BCUT2D eigenvalue weighted by Gasteiger charge is 2.53. The molecule has 5 fully saturated rings. The molecule has 6 atom stereocenters. The van der Waals surface area contributed by atoms with Crippen molar-refractivity contribution in [1.29, 1.82) is 4.78 Å². The Kier molecular flexibility index (Phi) is 8.32. The zero-order valence-corrected chi connectivity index (χ0v) is 23.8. The molecular formula is C25H42ClF3N6O2S. The zero-order chi connectivity index (χ0) is 27.4. The Bertz CT molecular complexity index is 965. The van der Waals surface area contributed by atoms with Crippen LogP contribution in [0.4, 0.5) is 13.2 Å². The minimum atomic E-state index is -4.51. The van der Waals surface area contributed by atoms with Crippen LogP contribution in [-0.4, -0.2) is 98.6 Å². The molecule has 13 heteroatoms. The van der Waals surface area contributed by atoms with Crippen molar-refractivity contribution in [2.45, 2.75) is 100 Å². The fourth-order valence-electron chi connectivity index (χ4n) is 7.90. The second-order valence-corrected chi connectivity index (χ2v) is 15.2. The number of alkyl halides is 4. The van der Waals surface area contributed by atoms with Gasteiger partial charge in [-0.2, -0.15) is 13.2 Å². The fraction of sp³-hybridized carbons (Fsp3) is 0.960. The average Bonchev–Trinajstić information content (AvgIpc) is 3.24. The summed E-state index contributed by atoms with van der Waals surface area (Å²) in [7, 11) is -1.41. The highest BCUT2D eigenvalue weighted by atomic mass is 35.5. The first-order valence-corrected chi connectivity index (χ1v) is 16.4. The van der Waals surface area contributed by atoms with Gasteiger partial charge in [-0.05, 0) is 63.3 Å². The van der Waals surface area contributed by atoms with Crippen LogP contribution in [0.5, 0.6) is 0 Å². The number of hydrogen-bond acceptors (Lipinski definition) is 7. The van der Waals surface area contributed by atoms with Crippen LogP contribution in [-0.2, 0) is 14.5 Å². The molecule has 4 unspecified atom stereocenters. The van der Waals surface area contributed by atoms with Gasteiger partial charge in [-0.15, -0.1) is 11.6 Å². The number of rotatable bonds is 4. The molecule has 5 aliphatic rings. The predicted octanol–water partition coefficient (Wildman–Crippen LogP) is 3.17. The van der Waals surface area contributed by atoms with E-state index in [1.54, 1.807) is 0 Å². The summed E-state index contributed by atoms with van der Waals surface area (Å²) < 4.78 is 62.8. The lowest BCUT2D eigenvalue weighted by atomic mass is 9.77. The van der Waals surface area contributed by atoms with Crippen molar-refractivity contribution in [1.82, 2.24) is 25.6 Å². The summed E-state index contributed by atoms with van der Waals surface area (Å²) in [6, 6.07) is -0.972. The van der Waals surface area contributed by atoms with Crippen LogP contribution in [0, 0.1) is 22.5 Å². The Labute approximate surface area is 229 Å². The lowest BCUT2D eigenvalue weighted by Gasteiger charge is -2.55. The summed E-state index contributed by atoms with van der Waals surface area (Å²) in [6.07, 6.45) is 0.303. The molecule has 0 aromatic heterocycles. The summed E-state index contributed by atoms with van der Waals surface area (Å²) in [4.78, 5) is 16.6. The number of carbonyl (C=O) groups is 1. The molecule has 8 nitrogen and oxygen atoms in total. The molecule has 3 N–H and O–H groups in total. The van der Waals surface area contributed by atoms with Crippen LogP contribution in [0.1, 0.15) is 58.3 Å². The number of carbonyl (C=O) groups excluding carboxylic acids is 1. The molecule has 218 valence electrons. The molecule has 1 amide bonds. The van der Waals surface area contributed by atoms with Gasteiger partial charge in [0, 0.05) is 65.3 Å². The molecule has 1 aliphatic carbocycles. The van der Waals surface area contributed by atoms with Crippen molar-refractivity contribution in [3.63, 3.8) is 0 Å².